The molecule has 1 aliphatic heterocycles. The van der Waals surface area contributed by atoms with Gasteiger partial charge in [0.2, 0.25) is 5.95 Å². The van der Waals surface area contributed by atoms with Crippen LogP contribution < -0.4 is 19.9 Å². The second-order valence-corrected chi connectivity index (χ2v) is 9.26. The van der Waals surface area contributed by atoms with E-state index in [-0.39, 0.29) is 24.4 Å². The SMILES string of the molecule is CCN(CC)c1ncc(N(C)C(=O)N(C)C)c(N[C@@H](Cc2ccc(OC(=O)N3CCCC3)cc2)C(=O)O)n1. The average molecular weight is 528 g/mol. The lowest BCUT2D eigenvalue weighted by Crippen LogP contribution is -2.38. The highest BCUT2D eigenvalue weighted by Crippen LogP contribution is 2.27. The summed E-state index contributed by atoms with van der Waals surface area (Å²) in [4.78, 5) is 52.5. The van der Waals surface area contributed by atoms with Gasteiger partial charge in [-0.15, -0.1) is 0 Å². The Labute approximate surface area is 223 Å². The Morgan fingerprint density at radius 2 is 1.71 bits per heavy atom. The number of benzene rings is 1. The van der Waals surface area contributed by atoms with Crippen molar-refractivity contribution in [2.24, 2.45) is 0 Å². The number of anilines is 3. The van der Waals surface area contributed by atoms with Gasteiger partial charge in [0, 0.05) is 53.7 Å². The number of rotatable bonds is 10. The van der Waals surface area contributed by atoms with Crippen LogP contribution in [0, 0.1) is 0 Å². The van der Waals surface area contributed by atoms with Gasteiger partial charge in [-0.3, -0.25) is 4.90 Å². The summed E-state index contributed by atoms with van der Waals surface area (Å²) >= 11 is 0. The number of carbonyl (C=O) groups is 3. The van der Waals surface area contributed by atoms with Gasteiger partial charge in [-0.25, -0.2) is 19.4 Å². The molecule has 1 aromatic carbocycles. The minimum atomic E-state index is -1.08. The summed E-state index contributed by atoms with van der Waals surface area (Å²) < 4.78 is 5.43. The number of nitrogens with zero attached hydrogens (tertiary/aromatic N) is 6. The predicted octanol–water partition coefficient (Wildman–Crippen LogP) is 3.14. The van der Waals surface area contributed by atoms with E-state index in [1.165, 1.54) is 16.0 Å². The molecule has 0 spiro atoms. The smallest absolute Gasteiger partial charge is 0.415 e. The van der Waals surface area contributed by atoms with Gasteiger partial charge in [0.15, 0.2) is 5.82 Å². The zero-order valence-electron chi connectivity index (χ0n) is 22.7. The number of likely N-dealkylation sites (tertiary alicyclic amines) is 1. The maximum Gasteiger partial charge on any atom is 0.415 e. The quantitative estimate of drug-likeness (QED) is 0.478. The van der Waals surface area contributed by atoms with Crippen molar-refractivity contribution in [1.82, 2.24) is 19.8 Å². The molecule has 1 saturated heterocycles. The summed E-state index contributed by atoms with van der Waals surface area (Å²) in [6, 6.07) is 5.41. The van der Waals surface area contributed by atoms with Crippen molar-refractivity contribution in [2.45, 2.75) is 39.2 Å². The van der Waals surface area contributed by atoms with Crippen molar-refractivity contribution in [1.29, 1.82) is 0 Å². The summed E-state index contributed by atoms with van der Waals surface area (Å²) in [5.41, 5.74) is 1.08. The minimum absolute atomic E-state index is 0.130. The molecule has 38 heavy (non-hydrogen) atoms. The van der Waals surface area contributed by atoms with Crippen LogP contribution in [0.15, 0.2) is 30.5 Å². The van der Waals surface area contributed by atoms with Crippen LogP contribution in [0.25, 0.3) is 0 Å². The Balaban J connectivity index is 1.81. The summed E-state index contributed by atoms with van der Waals surface area (Å²) in [7, 11) is 4.84. The monoisotopic (exact) mass is 527 g/mol. The molecule has 12 heteroatoms. The Morgan fingerprint density at radius 1 is 1.08 bits per heavy atom. The van der Waals surface area contributed by atoms with Crippen LogP contribution in [0.4, 0.5) is 27.0 Å². The van der Waals surface area contributed by atoms with E-state index in [2.05, 4.69) is 15.3 Å². The number of carbonyl (C=O) groups excluding carboxylic acids is 2. The molecule has 1 aliphatic rings. The number of aliphatic carboxylic acids is 1. The number of amides is 3. The van der Waals surface area contributed by atoms with E-state index in [0.29, 0.717) is 43.6 Å². The minimum Gasteiger partial charge on any atom is -0.480 e. The van der Waals surface area contributed by atoms with E-state index in [4.69, 9.17) is 4.74 Å². The van der Waals surface area contributed by atoms with Crippen LogP contribution in [-0.4, -0.2) is 96.3 Å². The van der Waals surface area contributed by atoms with Crippen LogP contribution in [0.5, 0.6) is 5.75 Å². The fourth-order valence-corrected chi connectivity index (χ4v) is 4.14. The molecular weight excluding hydrogens is 490 g/mol. The first kappa shape index (κ1) is 28.5. The number of ether oxygens (including phenoxy) is 1. The van der Waals surface area contributed by atoms with Crippen LogP contribution in [0.3, 0.4) is 0 Å². The summed E-state index contributed by atoms with van der Waals surface area (Å²) in [5.74, 6) is -0.00948. The first-order valence-electron chi connectivity index (χ1n) is 12.8. The topological polar surface area (TPSA) is 131 Å². The maximum absolute atomic E-state index is 12.6. The second-order valence-electron chi connectivity index (χ2n) is 9.26. The zero-order valence-corrected chi connectivity index (χ0v) is 22.7. The first-order valence-corrected chi connectivity index (χ1v) is 12.8. The molecule has 12 nitrogen and oxygen atoms in total. The lowest BCUT2D eigenvalue weighted by Gasteiger charge is -2.26. The normalized spacial score (nSPS) is 13.6. The number of nitrogens with one attached hydrogen (secondary N) is 1. The average Bonchev–Trinajstić information content (AvgIpc) is 3.45. The van der Waals surface area contributed by atoms with Gasteiger partial charge < -0.3 is 29.9 Å². The third kappa shape index (κ3) is 7.02. The molecular formula is C26H37N7O5. The molecule has 206 valence electrons. The van der Waals surface area contributed by atoms with E-state index in [9.17, 15) is 19.5 Å². The van der Waals surface area contributed by atoms with Gasteiger partial charge >= 0.3 is 18.1 Å². The van der Waals surface area contributed by atoms with Gasteiger partial charge in [0.1, 0.15) is 17.5 Å². The molecule has 0 radical (unpaired) electrons. The second kappa shape index (κ2) is 12.9. The van der Waals surface area contributed by atoms with Gasteiger partial charge in [-0.1, -0.05) is 12.1 Å². The summed E-state index contributed by atoms with van der Waals surface area (Å²) in [6.07, 6.45) is 3.22. The van der Waals surface area contributed by atoms with Crippen molar-refractivity contribution >= 4 is 35.5 Å². The molecule has 0 aliphatic carbocycles. The molecule has 1 aromatic heterocycles. The summed E-state index contributed by atoms with van der Waals surface area (Å²) in [6.45, 7) is 6.67. The van der Waals surface area contributed by atoms with Gasteiger partial charge in [-0.2, -0.15) is 4.98 Å². The predicted molar refractivity (Wildman–Crippen MR) is 145 cm³/mol. The highest BCUT2D eigenvalue weighted by Gasteiger charge is 2.25. The van der Waals surface area contributed by atoms with Crippen molar-refractivity contribution in [3.63, 3.8) is 0 Å². The number of aromatic nitrogens is 2. The molecule has 3 rings (SSSR count). The molecule has 0 saturated carbocycles. The van der Waals surface area contributed by atoms with Crippen LogP contribution in [0.2, 0.25) is 0 Å². The number of hydrogen-bond acceptors (Lipinski definition) is 8. The standard InChI is InChI=1S/C26H37N7O5/c1-6-32(7-2)24-27-17-21(31(5)25(36)30(3)4)22(29-24)28-20(23(34)35)16-18-10-12-19(13-11-18)38-26(37)33-14-8-9-15-33/h10-13,17,20H,6-9,14-16H2,1-5H3,(H,34,35)(H,27,28,29)/t20-/m0/s1. The van der Waals surface area contributed by atoms with Crippen molar-refractivity contribution in [2.75, 3.05) is 62.4 Å². The fraction of sp³-hybridized carbons (Fsp3) is 0.500. The largest absolute Gasteiger partial charge is 0.480 e. The molecule has 3 amide bonds. The molecule has 2 heterocycles. The number of carboxylic acids is 1. The third-order valence-electron chi connectivity index (χ3n) is 6.38. The van der Waals surface area contributed by atoms with Crippen LogP contribution in [-0.2, 0) is 11.2 Å². The van der Waals surface area contributed by atoms with Crippen molar-refractivity contribution < 1.29 is 24.2 Å². The molecule has 1 fully saturated rings. The lowest BCUT2D eigenvalue weighted by molar-refractivity contribution is -0.137. The van der Waals surface area contributed by atoms with E-state index in [1.807, 2.05) is 18.7 Å². The van der Waals surface area contributed by atoms with Crippen LogP contribution >= 0.6 is 0 Å². The fourth-order valence-electron chi connectivity index (χ4n) is 4.14. The molecule has 1 atom stereocenters. The number of urea groups is 1. The molecule has 2 aromatic rings. The van der Waals surface area contributed by atoms with E-state index in [0.717, 1.165) is 18.4 Å². The lowest BCUT2D eigenvalue weighted by atomic mass is 10.1. The number of carboxylic acid groups (broad SMARTS) is 1. The Hall–Kier alpha value is -4.09. The highest BCUT2D eigenvalue weighted by atomic mass is 16.6. The Bertz CT molecular complexity index is 1120. The summed E-state index contributed by atoms with van der Waals surface area (Å²) in [5, 5.41) is 13.0. The van der Waals surface area contributed by atoms with E-state index in [1.54, 1.807) is 50.3 Å². The Morgan fingerprint density at radius 3 is 2.26 bits per heavy atom. The third-order valence-corrected chi connectivity index (χ3v) is 6.38. The van der Waals surface area contributed by atoms with Gasteiger partial charge in [0.25, 0.3) is 0 Å². The zero-order chi connectivity index (χ0) is 27.8. The Kier molecular flexibility index (Phi) is 9.69. The number of hydrogen-bond donors (Lipinski definition) is 2. The van der Waals surface area contributed by atoms with Gasteiger partial charge in [-0.05, 0) is 44.4 Å². The van der Waals surface area contributed by atoms with Gasteiger partial charge in [0.05, 0.1) is 6.20 Å². The molecule has 2 N–H and O–H groups in total. The van der Waals surface area contributed by atoms with E-state index >= 15 is 0 Å². The first-order chi connectivity index (χ1) is 18.1. The van der Waals surface area contributed by atoms with Crippen molar-refractivity contribution in [3.8, 4) is 5.75 Å². The molecule has 0 unspecified atom stereocenters. The molecule has 0 bridgehead atoms. The maximum atomic E-state index is 12.6. The van der Waals surface area contributed by atoms with Crippen LogP contribution in [0.1, 0.15) is 32.3 Å². The van der Waals surface area contributed by atoms with Crippen molar-refractivity contribution in [3.05, 3.63) is 36.0 Å². The van der Waals surface area contributed by atoms with E-state index < -0.39 is 12.0 Å². The highest BCUT2D eigenvalue weighted by molar-refractivity contribution is 5.94.